The van der Waals surface area contributed by atoms with Crippen LogP contribution in [-0.4, -0.2) is 49.0 Å². The van der Waals surface area contributed by atoms with Gasteiger partial charge in [0, 0.05) is 24.4 Å². The van der Waals surface area contributed by atoms with Crippen LogP contribution in [0, 0.1) is 5.92 Å². The molecule has 7 heteroatoms. The van der Waals surface area contributed by atoms with Crippen LogP contribution in [-0.2, 0) is 11.3 Å². The highest BCUT2D eigenvalue weighted by molar-refractivity contribution is 7.09. The Kier molecular flexibility index (Phi) is 5.28. The van der Waals surface area contributed by atoms with E-state index in [1.165, 1.54) is 4.88 Å². The van der Waals surface area contributed by atoms with Crippen LogP contribution in [0.25, 0.3) is 0 Å². The molecule has 2 aliphatic rings. The smallest absolute Gasteiger partial charge is 0.262 e. The maximum Gasteiger partial charge on any atom is 0.262 e. The molecule has 4 nitrogen and oxygen atoms in total. The molecule has 2 N–H and O–H groups in total. The van der Waals surface area contributed by atoms with Gasteiger partial charge in [0.05, 0.1) is 12.6 Å². The number of amides is 1. The topological polar surface area (TPSA) is 44.4 Å². The van der Waals surface area contributed by atoms with Crippen LogP contribution in [0.5, 0.6) is 0 Å². The van der Waals surface area contributed by atoms with E-state index >= 15 is 0 Å². The van der Waals surface area contributed by atoms with E-state index in [9.17, 15) is 13.6 Å². The fourth-order valence-electron chi connectivity index (χ4n) is 3.24. The summed E-state index contributed by atoms with van der Waals surface area (Å²) in [5, 5.41) is 7.53. The standard InChI is InChI=1S/C16H23F2N3OS/c17-16(18)8-14(20-11-16)15(22)19-9-12-3-5-21(6-4-12)10-13-2-1-7-23-13/h1-2,7,12,14,20H,3-6,8-11H2,(H,19,22). The van der Waals surface area contributed by atoms with Crippen LogP contribution in [0.15, 0.2) is 17.5 Å². The number of rotatable bonds is 5. The molecule has 1 unspecified atom stereocenters. The van der Waals surface area contributed by atoms with Crippen molar-refractivity contribution in [2.24, 2.45) is 5.92 Å². The normalized spacial score (nSPS) is 25.6. The molecule has 2 fully saturated rings. The molecule has 0 bridgehead atoms. The number of hydrogen-bond acceptors (Lipinski definition) is 4. The van der Waals surface area contributed by atoms with Gasteiger partial charge in [-0.1, -0.05) is 6.07 Å². The number of likely N-dealkylation sites (tertiary alicyclic amines) is 1. The number of nitrogens with one attached hydrogen (secondary N) is 2. The Morgan fingerprint density at radius 3 is 2.83 bits per heavy atom. The molecule has 1 aromatic heterocycles. The zero-order valence-corrected chi connectivity index (χ0v) is 13.9. The van der Waals surface area contributed by atoms with Gasteiger partial charge in [-0.3, -0.25) is 15.0 Å². The summed E-state index contributed by atoms with van der Waals surface area (Å²) in [5.41, 5.74) is 0. The van der Waals surface area contributed by atoms with Crippen LogP contribution in [0.1, 0.15) is 24.1 Å². The summed E-state index contributed by atoms with van der Waals surface area (Å²) in [6, 6.07) is 3.48. The van der Waals surface area contributed by atoms with Gasteiger partial charge in [0.2, 0.25) is 5.91 Å². The molecule has 3 heterocycles. The number of carbonyl (C=O) groups excluding carboxylic acids is 1. The number of alkyl halides is 2. The molecule has 1 amide bonds. The minimum Gasteiger partial charge on any atom is -0.354 e. The third-order valence-corrected chi connectivity index (χ3v) is 5.52. The second-order valence-corrected chi connectivity index (χ2v) is 7.57. The van der Waals surface area contributed by atoms with Crippen molar-refractivity contribution in [1.82, 2.24) is 15.5 Å². The lowest BCUT2D eigenvalue weighted by Gasteiger charge is -2.31. The predicted octanol–water partition coefficient (Wildman–Crippen LogP) is 2.07. The fraction of sp³-hybridized carbons (Fsp3) is 0.688. The highest BCUT2D eigenvalue weighted by Gasteiger charge is 2.42. The first-order chi connectivity index (χ1) is 11.0. The lowest BCUT2D eigenvalue weighted by Crippen LogP contribution is -2.44. The van der Waals surface area contributed by atoms with Crippen molar-refractivity contribution in [3.05, 3.63) is 22.4 Å². The lowest BCUT2D eigenvalue weighted by atomic mass is 9.96. The summed E-state index contributed by atoms with van der Waals surface area (Å²) in [6.07, 6.45) is 1.69. The first-order valence-corrected chi connectivity index (χ1v) is 9.03. The molecule has 3 rings (SSSR count). The summed E-state index contributed by atoms with van der Waals surface area (Å²) < 4.78 is 26.2. The maximum atomic E-state index is 13.1. The molecule has 2 saturated heterocycles. The second kappa shape index (κ2) is 7.23. The number of halogens is 2. The first kappa shape index (κ1) is 16.8. The van der Waals surface area contributed by atoms with Crippen LogP contribution in [0.3, 0.4) is 0 Å². The van der Waals surface area contributed by atoms with Crippen molar-refractivity contribution in [3.63, 3.8) is 0 Å². The molecule has 1 atom stereocenters. The fourth-order valence-corrected chi connectivity index (χ4v) is 3.99. The molecule has 0 aromatic carbocycles. The molecule has 128 valence electrons. The van der Waals surface area contributed by atoms with E-state index in [2.05, 4.69) is 33.0 Å². The van der Waals surface area contributed by atoms with Gasteiger partial charge in [0.25, 0.3) is 5.92 Å². The van der Waals surface area contributed by atoms with Gasteiger partial charge >= 0.3 is 0 Å². The lowest BCUT2D eigenvalue weighted by molar-refractivity contribution is -0.123. The summed E-state index contributed by atoms with van der Waals surface area (Å²) in [7, 11) is 0. The Labute approximate surface area is 139 Å². The summed E-state index contributed by atoms with van der Waals surface area (Å²) >= 11 is 1.78. The molecule has 1 aromatic rings. The monoisotopic (exact) mass is 343 g/mol. The maximum absolute atomic E-state index is 13.1. The Morgan fingerprint density at radius 2 is 2.22 bits per heavy atom. The third kappa shape index (κ3) is 4.71. The van der Waals surface area contributed by atoms with Crippen LogP contribution >= 0.6 is 11.3 Å². The molecular formula is C16H23F2N3OS. The summed E-state index contributed by atoms with van der Waals surface area (Å²) in [6.45, 7) is 3.25. The minimum absolute atomic E-state index is 0.289. The van der Waals surface area contributed by atoms with Crippen molar-refractivity contribution in [2.75, 3.05) is 26.2 Å². The average Bonchev–Trinajstić information content (AvgIpc) is 3.15. The SMILES string of the molecule is O=C(NCC1CCN(Cc2cccs2)CC1)C1CC(F)(F)CN1. The van der Waals surface area contributed by atoms with E-state index in [4.69, 9.17) is 0 Å². The number of thiophene rings is 1. The van der Waals surface area contributed by atoms with Crippen molar-refractivity contribution < 1.29 is 13.6 Å². The highest BCUT2D eigenvalue weighted by atomic mass is 32.1. The summed E-state index contributed by atoms with van der Waals surface area (Å²) in [5.74, 6) is -2.60. The molecule has 0 radical (unpaired) electrons. The third-order valence-electron chi connectivity index (χ3n) is 4.66. The largest absolute Gasteiger partial charge is 0.354 e. The van der Waals surface area contributed by atoms with Gasteiger partial charge in [-0.25, -0.2) is 8.78 Å². The Balaban J connectivity index is 1.35. The van der Waals surface area contributed by atoms with E-state index in [-0.39, 0.29) is 5.91 Å². The summed E-state index contributed by atoms with van der Waals surface area (Å²) in [4.78, 5) is 15.7. The Morgan fingerprint density at radius 1 is 1.43 bits per heavy atom. The zero-order chi connectivity index (χ0) is 16.3. The number of hydrogen-bond donors (Lipinski definition) is 2. The van der Waals surface area contributed by atoms with Crippen LogP contribution < -0.4 is 10.6 Å². The van der Waals surface area contributed by atoms with Gasteiger partial charge in [-0.2, -0.15) is 0 Å². The van der Waals surface area contributed by atoms with Gasteiger partial charge < -0.3 is 5.32 Å². The molecule has 2 aliphatic heterocycles. The van der Waals surface area contributed by atoms with Crippen molar-refractivity contribution in [1.29, 1.82) is 0 Å². The number of carbonyl (C=O) groups is 1. The average molecular weight is 343 g/mol. The van der Waals surface area contributed by atoms with E-state index in [1.807, 2.05) is 0 Å². The van der Waals surface area contributed by atoms with E-state index in [0.29, 0.717) is 12.5 Å². The Hall–Kier alpha value is -1.05. The van der Waals surface area contributed by atoms with Crippen molar-refractivity contribution in [3.8, 4) is 0 Å². The van der Waals surface area contributed by atoms with Gasteiger partial charge in [0.1, 0.15) is 0 Å². The van der Waals surface area contributed by atoms with Gasteiger partial charge in [-0.15, -0.1) is 11.3 Å². The second-order valence-electron chi connectivity index (χ2n) is 6.54. The van der Waals surface area contributed by atoms with Crippen molar-refractivity contribution >= 4 is 17.2 Å². The zero-order valence-electron chi connectivity index (χ0n) is 13.1. The number of piperidine rings is 1. The quantitative estimate of drug-likeness (QED) is 0.860. The van der Waals surface area contributed by atoms with Gasteiger partial charge in [0.15, 0.2) is 0 Å². The molecule has 0 saturated carbocycles. The van der Waals surface area contributed by atoms with Crippen molar-refractivity contribution in [2.45, 2.75) is 37.8 Å². The highest BCUT2D eigenvalue weighted by Crippen LogP contribution is 2.25. The number of nitrogens with zero attached hydrogens (tertiary/aromatic N) is 1. The van der Waals surface area contributed by atoms with E-state index in [0.717, 1.165) is 32.5 Å². The molecule has 0 aliphatic carbocycles. The van der Waals surface area contributed by atoms with E-state index in [1.54, 1.807) is 11.3 Å². The van der Waals surface area contributed by atoms with Crippen LogP contribution in [0.2, 0.25) is 0 Å². The Bertz CT molecular complexity index is 515. The minimum atomic E-state index is -2.75. The van der Waals surface area contributed by atoms with E-state index < -0.39 is 24.9 Å². The molecular weight excluding hydrogens is 320 g/mol. The molecule has 0 spiro atoms. The molecule has 23 heavy (non-hydrogen) atoms. The predicted molar refractivity (Wildman–Crippen MR) is 86.7 cm³/mol. The van der Waals surface area contributed by atoms with Crippen LogP contribution in [0.4, 0.5) is 8.78 Å². The first-order valence-electron chi connectivity index (χ1n) is 8.15. The van der Waals surface area contributed by atoms with Gasteiger partial charge in [-0.05, 0) is 43.3 Å².